The molecule has 1 unspecified atom stereocenters. The van der Waals surface area contributed by atoms with Crippen molar-refractivity contribution in [1.29, 1.82) is 0 Å². The molecule has 138 valence electrons. The van der Waals surface area contributed by atoms with E-state index in [0.717, 1.165) is 48.0 Å². The van der Waals surface area contributed by atoms with E-state index in [-0.39, 0.29) is 11.9 Å². The van der Waals surface area contributed by atoms with Gasteiger partial charge in [0.1, 0.15) is 10.9 Å². The Kier molecular flexibility index (Phi) is 5.15. The minimum atomic E-state index is -0.0670. The Morgan fingerprint density at radius 1 is 1.22 bits per heavy atom. The number of thioether (sulfide) groups is 1. The molecule has 0 fully saturated rings. The third-order valence-corrected chi connectivity index (χ3v) is 5.42. The van der Waals surface area contributed by atoms with E-state index in [0.29, 0.717) is 5.56 Å². The maximum Gasteiger partial charge on any atom is 0.254 e. The van der Waals surface area contributed by atoms with Crippen LogP contribution in [-0.2, 0) is 13.0 Å². The van der Waals surface area contributed by atoms with Crippen LogP contribution >= 0.6 is 11.8 Å². The lowest BCUT2D eigenvalue weighted by Crippen LogP contribution is -2.35. The van der Waals surface area contributed by atoms with E-state index in [1.165, 1.54) is 11.8 Å². The number of carbonyl (C=O) groups is 1. The van der Waals surface area contributed by atoms with Crippen LogP contribution in [0.2, 0.25) is 0 Å². The van der Waals surface area contributed by atoms with Gasteiger partial charge in [-0.25, -0.2) is 4.98 Å². The lowest BCUT2D eigenvalue weighted by molar-refractivity contribution is 0.0929. The summed E-state index contributed by atoms with van der Waals surface area (Å²) in [6.45, 7) is 0.764. The van der Waals surface area contributed by atoms with Gasteiger partial charge in [0.2, 0.25) is 0 Å². The van der Waals surface area contributed by atoms with Gasteiger partial charge >= 0.3 is 0 Å². The Balaban J connectivity index is 1.48. The normalized spacial score (nSPS) is 16.4. The van der Waals surface area contributed by atoms with Gasteiger partial charge in [-0.2, -0.15) is 0 Å². The van der Waals surface area contributed by atoms with Crippen LogP contribution in [0.1, 0.15) is 29.0 Å². The largest absolute Gasteiger partial charge is 0.349 e. The van der Waals surface area contributed by atoms with Gasteiger partial charge in [-0.15, -0.1) is 22.0 Å². The first-order valence-electron chi connectivity index (χ1n) is 8.88. The zero-order valence-corrected chi connectivity index (χ0v) is 15.8. The molecule has 3 aromatic heterocycles. The van der Waals surface area contributed by atoms with Crippen LogP contribution < -0.4 is 5.32 Å². The topological polar surface area (TPSA) is 85.6 Å². The minimum Gasteiger partial charge on any atom is -0.349 e. The Morgan fingerprint density at radius 3 is 2.93 bits per heavy atom. The maximum absolute atomic E-state index is 12.7. The number of hydrogen-bond donors (Lipinski definition) is 1. The van der Waals surface area contributed by atoms with Gasteiger partial charge in [0, 0.05) is 43.2 Å². The molecule has 1 amide bonds. The number of nitrogens with zero attached hydrogens (tertiary/aromatic N) is 5. The fourth-order valence-electron chi connectivity index (χ4n) is 3.33. The summed E-state index contributed by atoms with van der Waals surface area (Å²) >= 11 is 1.48. The molecule has 4 heterocycles. The summed E-state index contributed by atoms with van der Waals surface area (Å²) < 4.78 is 2.14. The van der Waals surface area contributed by atoms with Crippen molar-refractivity contribution in [1.82, 2.24) is 30.0 Å². The monoisotopic (exact) mass is 380 g/mol. The zero-order valence-electron chi connectivity index (χ0n) is 15.0. The van der Waals surface area contributed by atoms with E-state index in [1.807, 2.05) is 24.5 Å². The number of carbonyl (C=O) groups excluding carboxylic acids is 1. The molecule has 0 radical (unpaired) electrons. The van der Waals surface area contributed by atoms with Crippen LogP contribution in [-0.4, -0.2) is 42.9 Å². The number of hydrogen-bond acceptors (Lipinski definition) is 6. The van der Waals surface area contributed by atoms with Crippen molar-refractivity contribution in [3.63, 3.8) is 0 Å². The number of aryl methyl sites for hydroxylation is 1. The van der Waals surface area contributed by atoms with Gasteiger partial charge in [-0.1, -0.05) is 0 Å². The van der Waals surface area contributed by atoms with Gasteiger partial charge in [0.05, 0.1) is 5.56 Å². The molecule has 0 bridgehead atoms. The summed E-state index contributed by atoms with van der Waals surface area (Å²) in [5.41, 5.74) is 1.59. The van der Waals surface area contributed by atoms with Crippen molar-refractivity contribution in [2.45, 2.75) is 36.9 Å². The lowest BCUT2D eigenvalue weighted by Gasteiger charge is -2.17. The quantitative estimate of drug-likeness (QED) is 0.700. The van der Waals surface area contributed by atoms with Crippen LogP contribution in [0.15, 0.2) is 47.9 Å². The lowest BCUT2D eigenvalue weighted by atomic mass is 10.1. The number of aromatic nitrogens is 5. The van der Waals surface area contributed by atoms with Gasteiger partial charge < -0.3 is 9.88 Å². The third-order valence-electron chi connectivity index (χ3n) is 4.71. The summed E-state index contributed by atoms with van der Waals surface area (Å²) in [7, 11) is 0. The molecule has 1 atom stereocenters. The highest BCUT2D eigenvalue weighted by Crippen LogP contribution is 2.23. The number of nitrogens with one attached hydrogen (secondary N) is 1. The van der Waals surface area contributed by atoms with E-state index in [2.05, 4.69) is 30.0 Å². The molecule has 0 spiro atoms. The summed E-state index contributed by atoms with van der Waals surface area (Å²) in [6.07, 6.45) is 9.63. The first-order chi connectivity index (χ1) is 13.3. The molecule has 0 aromatic carbocycles. The fraction of sp³-hybridized carbons (Fsp3) is 0.316. The summed E-state index contributed by atoms with van der Waals surface area (Å²) in [5.74, 6) is 1.72. The van der Waals surface area contributed by atoms with E-state index < -0.39 is 0 Å². The fourth-order valence-corrected chi connectivity index (χ4v) is 3.88. The zero-order chi connectivity index (χ0) is 18.6. The standard InChI is InChI=1S/C19H20N6OS/c1-27-19-15(5-3-10-21-19)18(26)22-14-6-7-16-23-24-17(25(16)11-8-14)13-4-2-9-20-12-13/h2-5,9-10,12,14H,6-8,11H2,1H3,(H,22,26). The molecule has 27 heavy (non-hydrogen) atoms. The van der Waals surface area contributed by atoms with Crippen LogP contribution in [0.3, 0.4) is 0 Å². The Hall–Kier alpha value is -2.74. The smallest absolute Gasteiger partial charge is 0.254 e. The number of rotatable bonds is 4. The SMILES string of the molecule is CSc1ncccc1C(=O)NC1CCc2nnc(-c3cccnc3)n2CC1. The molecular weight excluding hydrogens is 360 g/mol. The van der Waals surface area contributed by atoms with Crippen molar-refractivity contribution < 1.29 is 4.79 Å². The van der Waals surface area contributed by atoms with Gasteiger partial charge in [-0.05, 0) is 43.4 Å². The number of fused-ring (bicyclic) bond motifs is 1. The van der Waals surface area contributed by atoms with Gasteiger partial charge in [0.25, 0.3) is 5.91 Å². The number of amides is 1. The summed E-state index contributed by atoms with van der Waals surface area (Å²) in [4.78, 5) is 21.1. The third kappa shape index (κ3) is 3.71. The molecule has 7 nitrogen and oxygen atoms in total. The van der Waals surface area contributed by atoms with E-state index in [9.17, 15) is 4.79 Å². The predicted molar refractivity (Wildman–Crippen MR) is 103 cm³/mol. The molecule has 1 aliphatic heterocycles. The van der Waals surface area contributed by atoms with Crippen molar-refractivity contribution in [3.8, 4) is 11.4 Å². The van der Waals surface area contributed by atoms with Gasteiger partial charge in [-0.3, -0.25) is 9.78 Å². The Labute approximate surface area is 161 Å². The predicted octanol–water partition coefficient (Wildman–Crippen LogP) is 2.59. The molecular formula is C19H20N6OS. The van der Waals surface area contributed by atoms with E-state index >= 15 is 0 Å². The molecule has 4 rings (SSSR count). The minimum absolute atomic E-state index is 0.0670. The van der Waals surface area contributed by atoms with Crippen molar-refractivity contribution in [3.05, 3.63) is 54.2 Å². The average molecular weight is 380 g/mol. The Morgan fingerprint density at radius 2 is 2.11 bits per heavy atom. The van der Waals surface area contributed by atoms with Crippen molar-refractivity contribution in [2.24, 2.45) is 0 Å². The molecule has 1 N–H and O–H groups in total. The maximum atomic E-state index is 12.7. The molecule has 1 aliphatic rings. The summed E-state index contributed by atoms with van der Waals surface area (Å²) in [6, 6.07) is 7.59. The second kappa shape index (κ2) is 7.87. The van der Waals surface area contributed by atoms with Crippen LogP contribution in [0.25, 0.3) is 11.4 Å². The molecule has 0 saturated carbocycles. The van der Waals surface area contributed by atoms with Crippen LogP contribution in [0.4, 0.5) is 0 Å². The molecule has 0 aliphatic carbocycles. The first kappa shape index (κ1) is 17.7. The van der Waals surface area contributed by atoms with E-state index in [4.69, 9.17) is 0 Å². The Bertz CT molecular complexity index is 942. The second-order valence-electron chi connectivity index (χ2n) is 6.39. The molecule has 3 aromatic rings. The highest BCUT2D eigenvalue weighted by molar-refractivity contribution is 7.98. The number of pyridine rings is 2. The van der Waals surface area contributed by atoms with Crippen LogP contribution in [0, 0.1) is 0 Å². The molecule has 0 saturated heterocycles. The highest BCUT2D eigenvalue weighted by Gasteiger charge is 2.23. The van der Waals surface area contributed by atoms with E-state index in [1.54, 1.807) is 24.7 Å². The molecule has 8 heteroatoms. The van der Waals surface area contributed by atoms with Gasteiger partial charge in [0.15, 0.2) is 5.82 Å². The summed E-state index contributed by atoms with van der Waals surface area (Å²) in [5, 5.41) is 12.6. The average Bonchev–Trinajstić information content (AvgIpc) is 3.03. The van der Waals surface area contributed by atoms with Crippen LogP contribution in [0.5, 0.6) is 0 Å². The highest BCUT2D eigenvalue weighted by atomic mass is 32.2. The van der Waals surface area contributed by atoms with Crippen molar-refractivity contribution in [2.75, 3.05) is 6.26 Å². The second-order valence-corrected chi connectivity index (χ2v) is 7.19. The first-order valence-corrected chi connectivity index (χ1v) is 10.1. The van der Waals surface area contributed by atoms with Crippen molar-refractivity contribution >= 4 is 17.7 Å².